The van der Waals surface area contributed by atoms with Crippen LogP contribution in [0.1, 0.15) is 162 Å². The van der Waals surface area contributed by atoms with Crippen molar-refractivity contribution < 1.29 is 75.3 Å². The maximum Gasteiger partial charge on any atom is 0.430 e. The highest BCUT2D eigenvalue weighted by Crippen LogP contribution is 2.15. The number of hydrogen-bond donors (Lipinski definition) is 5. The molecule has 0 heterocycles. The molecular formula is C42H80F6N4O8. The first-order valence-corrected chi connectivity index (χ1v) is 22.1. The molecule has 2 unspecified atom stereocenters. The number of hydrogen-bond acceptors (Lipinski definition) is 8. The fraction of sp³-hybridized carbons (Fsp3) is 0.905. The molecule has 0 aliphatic carbocycles. The smallest absolute Gasteiger partial charge is 0.430 e. The molecule has 0 rings (SSSR count). The summed E-state index contributed by atoms with van der Waals surface area (Å²) in [5.74, 6) is -6.17. The third-order valence-electron chi connectivity index (χ3n) is 10.3. The Hall–Kier alpha value is -2.70. The van der Waals surface area contributed by atoms with Crippen molar-refractivity contribution >= 4 is 23.8 Å². The predicted molar refractivity (Wildman–Crippen MR) is 216 cm³/mol. The van der Waals surface area contributed by atoms with E-state index >= 15 is 0 Å². The van der Waals surface area contributed by atoms with E-state index in [1.54, 1.807) is 0 Å². The highest BCUT2D eigenvalue weighted by molar-refractivity contribution is 5.81. The number of rotatable bonds is 34. The van der Waals surface area contributed by atoms with Crippen LogP contribution in [0.3, 0.4) is 0 Å². The Labute approximate surface area is 355 Å². The van der Waals surface area contributed by atoms with E-state index < -0.39 is 36.4 Å². The molecule has 0 aliphatic rings. The molecule has 0 aromatic carbocycles. The van der Waals surface area contributed by atoms with E-state index in [0.29, 0.717) is 17.6 Å². The molecule has 0 saturated carbocycles. The van der Waals surface area contributed by atoms with Gasteiger partial charge in [0.1, 0.15) is 25.2 Å². The van der Waals surface area contributed by atoms with Crippen LogP contribution in [0.4, 0.5) is 26.3 Å². The molecule has 0 fully saturated rings. The maximum absolute atomic E-state index is 12.9. The van der Waals surface area contributed by atoms with Crippen molar-refractivity contribution in [3.05, 3.63) is 0 Å². The van der Waals surface area contributed by atoms with E-state index in [4.69, 9.17) is 19.8 Å². The molecule has 2 amide bonds. The molecule has 0 aliphatic heterocycles. The Bertz CT molecular complexity index is 1060. The normalized spacial score (nSPS) is 13.2. The van der Waals surface area contributed by atoms with E-state index in [1.807, 2.05) is 21.1 Å². The fourth-order valence-electron chi connectivity index (χ4n) is 6.40. The molecule has 3 atom stereocenters. The maximum atomic E-state index is 12.9. The van der Waals surface area contributed by atoms with Gasteiger partial charge in [-0.15, -0.1) is 0 Å². The summed E-state index contributed by atoms with van der Waals surface area (Å²) in [7, 11) is 6.10. The van der Waals surface area contributed by atoms with Gasteiger partial charge in [-0.25, -0.2) is 0 Å². The number of aliphatic carboxylic acids is 2. The Morgan fingerprint density at radius 2 is 0.867 bits per heavy atom. The lowest BCUT2D eigenvalue weighted by Crippen LogP contribution is -3.15. The van der Waals surface area contributed by atoms with Crippen molar-refractivity contribution in [2.24, 2.45) is 0 Å². The zero-order chi connectivity index (χ0) is 46.5. The number of unbranched alkanes of at least 4 members (excludes halogenated alkanes) is 20. The van der Waals surface area contributed by atoms with Gasteiger partial charge in [-0.1, -0.05) is 117 Å². The van der Waals surface area contributed by atoms with Crippen LogP contribution < -0.4 is 25.7 Å². The summed E-state index contributed by atoms with van der Waals surface area (Å²) in [6.07, 6.45) is 18.0. The summed E-state index contributed by atoms with van der Waals surface area (Å²) in [5, 5.41) is 43.5. The average molecular weight is 883 g/mol. The number of alkyl halides is 6. The highest BCUT2D eigenvalue weighted by Gasteiger charge is 2.34. The Balaban J connectivity index is -0.00000196. The van der Waals surface area contributed by atoms with E-state index in [1.165, 1.54) is 116 Å². The van der Waals surface area contributed by atoms with Gasteiger partial charge in [-0.05, 0) is 44.9 Å². The largest absolute Gasteiger partial charge is 0.542 e. The van der Waals surface area contributed by atoms with E-state index in [9.17, 15) is 46.1 Å². The van der Waals surface area contributed by atoms with Crippen LogP contribution in [0, 0.1) is 0 Å². The molecule has 0 saturated heterocycles. The number of carbonyl (C=O) groups excluding carboxylic acids is 4. The SMILES string of the molecule is CCCCCCCCCCCC[NH+](C)C(CO)C(=O)NCCCCCNC(=O)[C@H](CO)[N+](C)(C)CCCCCCCCCCCC.O=C([O-])C(F)(F)F.O=C([O-])C(F)(F)F. The number of carbonyl (C=O) groups is 4. The lowest BCUT2D eigenvalue weighted by Gasteiger charge is -2.36. The summed E-state index contributed by atoms with van der Waals surface area (Å²) >= 11 is 0. The number of halogens is 6. The van der Waals surface area contributed by atoms with E-state index in [2.05, 4.69) is 24.5 Å². The Kier molecular flexibility index (Phi) is 39.0. The molecule has 0 bridgehead atoms. The molecule has 18 heteroatoms. The number of nitrogens with one attached hydrogen (secondary N) is 3. The van der Waals surface area contributed by atoms with Gasteiger partial charge in [0.2, 0.25) is 0 Å². The average Bonchev–Trinajstić information content (AvgIpc) is 3.16. The van der Waals surface area contributed by atoms with Gasteiger partial charge in [-0.3, -0.25) is 9.59 Å². The molecule has 12 nitrogen and oxygen atoms in total. The minimum Gasteiger partial charge on any atom is -0.542 e. The lowest BCUT2D eigenvalue weighted by molar-refractivity contribution is -0.906. The molecule has 0 radical (unpaired) electrons. The number of carboxylic acid groups (broad SMARTS) is 2. The lowest BCUT2D eigenvalue weighted by atomic mass is 10.1. The van der Waals surface area contributed by atoms with Crippen molar-refractivity contribution in [3.63, 3.8) is 0 Å². The minimum absolute atomic E-state index is 0.0754. The van der Waals surface area contributed by atoms with Crippen LogP contribution in [0.2, 0.25) is 0 Å². The van der Waals surface area contributed by atoms with Crippen molar-refractivity contribution in [2.45, 2.75) is 186 Å². The third-order valence-corrected chi connectivity index (χ3v) is 10.3. The van der Waals surface area contributed by atoms with Gasteiger partial charge in [0.15, 0.2) is 12.1 Å². The second-order valence-corrected chi connectivity index (χ2v) is 16.1. The number of aliphatic hydroxyl groups excluding tert-OH is 2. The van der Waals surface area contributed by atoms with Crippen LogP contribution in [0.25, 0.3) is 0 Å². The molecule has 0 aromatic rings. The Morgan fingerprint density at radius 3 is 1.20 bits per heavy atom. The summed E-state index contributed by atoms with van der Waals surface area (Å²) < 4.78 is 63.6. The number of carboxylic acids is 2. The van der Waals surface area contributed by atoms with Crippen LogP contribution in [0.15, 0.2) is 0 Å². The van der Waals surface area contributed by atoms with E-state index in [-0.39, 0.29) is 25.0 Å². The highest BCUT2D eigenvalue weighted by atomic mass is 19.4. The predicted octanol–water partition coefficient (Wildman–Crippen LogP) is 4.14. The topological polar surface area (TPSA) is 183 Å². The third kappa shape index (κ3) is 37.1. The van der Waals surface area contributed by atoms with Gasteiger partial charge in [-0.2, -0.15) is 26.3 Å². The van der Waals surface area contributed by atoms with Gasteiger partial charge < -0.3 is 50.0 Å². The summed E-state index contributed by atoms with van der Waals surface area (Å²) in [5.41, 5.74) is 0. The number of aliphatic hydroxyl groups is 2. The number of likely N-dealkylation sites (N-methyl/N-ethyl adjacent to an activating group) is 2. The van der Waals surface area contributed by atoms with Gasteiger partial charge >= 0.3 is 12.4 Å². The second-order valence-electron chi connectivity index (χ2n) is 16.1. The molecule has 0 spiro atoms. The first-order chi connectivity index (χ1) is 28.1. The molecule has 358 valence electrons. The molecule has 60 heavy (non-hydrogen) atoms. The quantitative estimate of drug-likeness (QED) is 0.0363. The Morgan fingerprint density at radius 1 is 0.550 bits per heavy atom. The number of amides is 2. The zero-order valence-electron chi connectivity index (χ0n) is 37.2. The van der Waals surface area contributed by atoms with Crippen molar-refractivity contribution in [3.8, 4) is 0 Å². The summed E-state index contributed by atoms with van der Waals surface area (Å²) in [4.78, 5) is 44.2. The van der Waals surface area contributed by atoms with Crippen molar-refractivity contribution in [1.29, 1.82) is 0 Å². The minimum atomic E-state index is -5.19. The van der Waals surface area contributed by atoms with Gasteiger partial charge in [0.05, 0.1) is 34.2 Å². The van der Waals surface area contributed by atoms with Crippen molar-refractivity contribution in [1.82, 2.24) is 10.6 Å². The summed E-state index contributed by atoms with van der Waals surface area (Å²) in [6, 6.07) is -0.872. The van der Waals surface area contributed by atoms with Gasteiger partial charge in [0, 0.05) is 13.1 Å². The first-order valence-electron chi connectivity index (χ1n) is 22.1. The second kappa shape index (κ2) is 38.0. The standard InChI is InChI=1S/C38H78N4O4.2C2HF3O2/c1-6-8-10-12-14-16-18-20-22-27-31-41(3)35(33-43)37(45)39-29-25-24-26-30-40-38(46)36(34-44)42(4,5)32-28-23-21-19-17-15-13-11-9-7-2;2*3-2(4,5)1(6)7/h35-36,43-44H,6-34H2,1-5H3,(H-,39,40,45,46);2*(H,6,7)/t35?,36-;;/m0../s1. The van der Waals surface area contributed by atoms with Crippen molar-refractivity contribution in [2.75, 3.05) is 60.5 Å². The molecule has 0 aromatic heterocycles. The van der Waals surface area contributed by atoms with Gasteiger partial charge in [0.25, 0.3) is 11.8 Å². The molecular weight excluding hydrogens is 802 g/mol. The zero-order valence-corrected chi connectivity index (χ0v) is 37.2. The number of nitrogens with zero attached hydrogens (tertiary/aromatic N) is 1. The monoisotopic (exact) mass is 883 g/mol. The fourth-order valence-corrected chi connectivity index (χ4v) is 6.40. The molecule has 5 N–H and O–H groups in total. The first kappa shape index (κ1) is 61.6. The van der Waals surface area contributed by atoms with E-state index in [0.717, 1.165) is 50.1 Å². The number of quaternary nitrogens is 2. The van der Waals surface area contributed by atoms with Crippen LogP contribution in [-0.2, 0) is 19.2 Å². The van der Waals surface area contributed by atoms with Crippen LogP contribution in [0.5, 0.6) is 0 Å². The van der Waals surface area contributed by atoms with Crippen LogP contribution in [-0.4, -0.2) is 123 Å². The summed E-state index contributed by atoms with van der Waals surface area (Å²) in [6.45, 7) is 7.17. The van der Waals surface area contributed by atoms with Crippen LogP contribution >= 0.6 is 0 Å².